The van der Waals surface area contributed by atoms with Crippen LogP contribution in [0.3, 0.4) is 0 Å². The maximum atomic E-state index is 5.40. The molecule has 0 N–H and O–H groups in total. The van der Waals surface area contributed by atoms with Gasteiger partial charge in [-0.15, -0.1) is 0 Å². The third kappa shape index (κ3) is 2.25. The summed E-state index contributed by atoms with van der Waals surface area (Å²) >= 11 is 0. The van der Waals surface area contributed by atoms with E-state index in [0.717, 1.165) is 11.1 Å². The largest absolute Gasteiger partial charge is 0.496 e. The lowest BCUT2D eigenvalue weighted by molar-refractivity contribution is 0.376. The molecule has 93 valence electrons. The van der Waals surface area contributed by atoms with E-state index in [1.165, 1.54) is 0 Å². The fourth-order valence-electron chi connectivity index (χ4n) is 1.82. The molecule has 2 aromatic rings. The maximum Gasteiger partial charge on any atom is 0.142 e. The van der Waals surface area contributed by atoms with Crippen molar-refractivity contribution in [1.82, 2.24) is 0 Å². The topological polar surface area (TPSA) is 27.7 Å². The van der Waals surface area contributed by atoms with E-state index in [2.05, 4.69) is 6.07 Å². The molecule has 3 heteroatoms. The van der Waals surface area contributed by atoms with E-state index in [4.69, 9.17) is 14.2 Å². The van der Waals surface area contributed by atoms with Gasteiger partial charge in [0, 0.05) is 6.07 Å². The highest BCUT2D eigenvalue weighted by Crippen LogP contribution is 2.40. The Morgan fingerprint density at radius 3 is 2.17 bits per heavy atom. The van der Waals surface area contributed by atoms with Crippen molar-refractivity contribution in [3.63, 3.8) is 0 Å². The van der Waals surface area contributed by atoms with Crippen LogP contribution in [0, 0.1) is 6.07 Å². The first-order valence-electron chi connectivity index (χ1n) is 5.58. The molecule has 18 heavy (non-hydrogen) atoms. The van der Waals surface area contributed by atoms with E-state index in [9.17, 15) is 0 Å². The van der Waals surface area contributed by atoms with Crippen molar-refractivity contribution in [2.45, 2.75) is 0 Å². The maximum absolute atomic E-state index is 5.40. The average molecular weight is 243 g/mol. The molecule has 0 fully saturated rings. The van der Waals surface area contributed by atoms with Gasteiger partial charge in [-0.25, -0.2) is 0 Å². The molecule has 0 atom stereocenters. The number of methoxy groups -OCH3 is 3. The molecule has 0 aliphatic heterocycles. The summed E-state index contributed by atoms with van der Waals surface area (Å²) in [7, 11) is 4.82. The molecule has 0 bridgehead atoms. The zero-order chi connectivity index (χ0) is 13.0. The van der Waals surface area contributed by atoms with Crippen molar-refractivity contribution in [1.29, 1.82) is 0 Å². The third-order valence-electron chi connectivity index (χ3n) is 2.68. The summed E-state index contributed by atoms with van der Waals surface area (Å²) in [6, 6.07) is 14.8. The van der Waals surface area contributed by atoms with E-state index in [0.29, 0.717) is 17.2 Å². The van der Waals surface area contributed by atoms with Crippen LogP contribution in [0.2, 0.25) is 0 Å². The molecule has 0 aliphatic rings. The first kappa shape index (κ1) is 12.3. The van der Waals surface area contributed by atoms with Gasteiger partial charge in [-0.3, -0.25) is 0 Å². The Kier molecular flexibility index (Phi) is 3.72. The van der Waals surface area contributed by atoms with Gasteiger partial charge in [0.25, 0.3) is 0 Å². The summed E-state index contributed by atoms with van der Waals surface area (Å²) in [5, 5.41) is 0. The fraction of sp³-hybridized carbons (Fsp3) is 0.200. The van der Waals surface area contributed by atoms with Crippen LogP contribution in [0.1, 0.15) is 0 Å². The van der Waals surface area contributed by atoms with Crippen molar-refractivity contribution in [2.75, 3.05) is 21.3 Å². The minimum Gasteiger partial charge on any atom is -0.496 e. The van der Waals surface area contributed by atoms with Crippen LogP contribution in [0.15, 0.2) is 36.4 Å². The molecule has 0 unspecified atom stereocenters. The fourth-order valence-corrected chi connectivity index (χ4v) is 1.82. The summed E-state index contributed by atoms with van der Waals surface area (Å²) in [5.41, 5.74) is 1.89. The van der Waals surface area contributed by atoms with Gasteiger partial charge >= 0.3 is 0 Å². The summed E-state index contributed by atoms with van der Waals surface area (Å²) in [6.07, 6.45) is 0. The Balaban J connectivity index is 2.64. The SMILES string of the molecule is COc1[c]c(OC)c(-c2ccccc2)c(OC)c1. The average Bonchev–Trinajstić information content (AvgIpc) is 2.46. The lowest BCUT2D eigenvalue weighted by atomic mass is 10.0. The molecule has 0 aliphatic carbocycles. The van der Waals surface area contributed by atoms with E-state index >= 15 is 0 Å². The van der Waals surface area contributed by atoms with Gasteiger partial charge in [0.2, 0.25) is 0 Å². The van der Waals surface area contributed by atoms with Crippen LogP contribution in [0.5, 0.6) is 17.2 Å². The van der Waals surface area contributed by atoms with Gasteiger partial charge in [0.05, 0.1) is 33.0 Å². The van der Waals surface area contributed by atoms with Crippen molar-refractivity contribution < 1.29 is 14.2 Å². The number of ether oxygens (including phenoxy) is 3. The van der Waals surface area contributed by atoms with Crippen molar-refractivity contribution in [2.24, 2.45) is 0 Å². The molecule has 0 amide bonds. The minimum absolute atomic E-state index is 0.586. The van der Waals surface area contributed by atoms with Crippen LogP contribution < -0.4 is 14.2 Å². The zero-order valence-electron chi connectivity index (χ0n) is 10.7. The van der Waals surface area contributed by atoms with Gasteiger partial charge in [-0.2, -0.15) is 0 Å². The molecule has 3 nitrogen and oxygen atoms in total. The summed E-state index contributed by atoms with van der Waals surface area (Å²) in [6.45, 7) is 0. The Hall–Kier alpha value is -2.16. The summed E-state index contributed by atoms with van der Waals surface area (Å²) in [4.78, 5) is 0. The van der Waals surface area contributed by atoms with Gasteiger partial charge < -0.3 is 14.2 Å². The molecule has 1 radical (unpaired) electrons. The number of benzene rings is 2. The third-order valence-corrected chi connectivity index (χ3v) is 2.68. The van der Waals surface area contributed by atoms with E-state index in [1.807, 2.05) is 30.3 Å². The summed E-state index contributed by atoms with van der Waals surface area (Å²) in [5.74, 6) is 1.90. The van der Waals surface area contributed by atoms with Crippen molar-refractivity contribution >= 4 is 0 Å². The Bertz CT molecular complexity index is 496. The predicted octanol–water partition coefficient (Wildman–Crippen LogP) is 3.18. The Morgan fingerprint density at radius 2 is 1.61 bits per heavy atom. The molecule has 2 aromatic carbocycles. The molecule has 0 saturated carbocycles. The van der Waals surface area contributed by atoms with Crippen molar-refractivity contribution in [3.05, 3.63) is 42.5 Å². The van der Waals surface area contributed by atoms with Crippen molar-refractivity contribution in [3.8, 4) is 28.4 Å². The lowest BCUT2D eigenvalue weighted by Gasteiger charge is -2.14. The first-order chi connectivity index (χ1) is 8.80. The van der Waals surface area contributed by atoms with Crippen LogP contribution in [0.4, 0.5) is 0 Å². The van der Waals surface area contributed by atoms with Gasteiger partial charge in [0.1, 0.15) is 17.2 Å². The van der Waals surface area contributed by atoms with Crippen LogP contribution in [-0.2, 0) is 0 Å². The first-order valence-corrected chi connectivity index (χ1v) is 5.58. The monoisotopic (exact) mass is 243 g/mol. The van der Waals surface area contributed by atoms with E-state index < -0.39 is 0 Å². The molecule has 0 aromatic heterocycles. The molecule has 2 rings (SSSR count). The lowest BCUT2D eigenvalue weighted by Crippen LogP contribution is -1.95. The standard InChI is InChI=1S/C15H15O3/c1-16-12-9-13(17-2)15(14(10-12)18-3)11-7-5-4-6-8-11/h4-9H,1-3H3. The number of hydrogen-bond acceptors (Lipinski definition) is 3. The molecular formula is C15H15O3. The second-order valence-electron chi connectivity index (χ2n) is 3.68. The smallest absolute Gasteiger partial charge is 0.142 e. The molecule has 0 heterocycles. The van der Waals surface area contributed by atoms with Gasteiger partial charge in [0.15, 0.2) is 0 Å². The predicted molar refractivity (Wildman–Crippen MR) is 70.4 cm³/mol. The Labute approximate surface area is 107 Å². The van der Waals surface area contributed by atoms with Crippen LogP contribution in [0.25, 0.3) is 11.1 Å². The second-order valence-corrected chi connectivity index (χ2v) is 3.68. The quantitative estimate of drug-likeness (QED) is 0.825. The number of hydrogen-bond donors (Lipinski definition) is 0. The summed E-state index contributed by atoms with van der Waals surface area (Å²) < 4.78 is 15.9. The van der Waals surface area contributed by atoms with E-state index in [-0.39, 0.29) is 0 Å². The Morgan fingerprint density at radius 1 is 0.889 bits per heavy atom. The number of rotatable bonds is 4. The van der Waals surface area contributed by atoms with Crippen LogP contribution >= 0.6 is 0 Å². The molecule has 0 spiro atoms. The highest BCUT2D eigenvalue weighted by molar-refractivity contribution is 5.77. The second kappa shape index (κ2) is 5.45. The highest BCUT2D eigenvalue weighted by atomic mass is 16.5. The minimum atomic E-state index is 0.586. The zero-order valence-corrected chi connectivity index (χ0v) is 10.7. The molecular weight excluding hydrogens is 228 g/mol. The van der Waals surface area contributed by atoms with Gasteiger partial charge in [-0.1, -0.05) is 30.3 Å². The molecule has 0 saturated heterocycles. The highest BCUT2D eigenvalue weighted by Gasteiger charge is 2.15. The van der Waals surface area contributed by atoms with Gasteiger partial charge in [-0.05, 0) is 5.56 Å². The van der Waals surface area contributed by atoms with E-state index in [1.54, 1.807) is 27.4 Å². The normalized spacial score (nSPS) is 9.94. The van der Waals surface area contributed by atoms with Crippen LogP contribution in [-0.4, -0.2) is 21.3 Å².